The Labute approximate surface area is 122 Å². The van der Waals surface area contributed by atoms with Crippen LogP contribution in [0.2, 0.25) is 0 Å². The number of carbonyl (C=O) groups is 1. The topological polar surface area (TPSA) is 119 Å². The number of nitrogens with zero attached hydrogens (tertiary/aromatic N) is 4. The lowest BCUT2D eigenvalue weighted by molar-refractivity contribution is 0.0525. The molecule has 1 aromatic heterocycles. The molecule has 0 spiro atoms. The lowest BCUT2D eigenvalue weighted by atomic mass is 10.3. The molecule has 21 heavy (non-hydrogen) atoms. The minimum atomic E-state index is -3.65. The maximum atomic E-state index is 11.5. The fourth-order valence-electron chi connectivity index (χ4n) is 1.95. The van der Waals surface area contributed by atoms with Crippen LogP contribution in [0, 0.1) is 0 Å². The average Bonchev–Trinajstić information content (AvgIpc) is 2.47. The zero-order chi connectivity index (χ0) is 15.5. The second kappa shape index (κ2) is 6.33. The van der Waals surface area contributed by atoms with Crippen molar-refractivity contribution in [2.75, 3.05) is 37.7 Å². The number of nitrogens with two attached hydrogens (primary N) is 1. The van der Waals surface area contributed by atoms with E-state index in [2.05, 4.69) is 9.97 Å². The van der Waals surface area contributed by atoms with E-state index < -0.39 is 16.2 Å². The maximum Gasteiger partial charge on any atom is 0.341 e. The summed E-state index contributed by atoms with van der Waals surface area (Å²) in [6.45, 7) is 3.45. The molecule has 116 valence electrons. The van der Waals surface area contributed by atoms with Gasteiger partial charge in [0.25, 0.3) is 10.2 Å². The van der Waals surface area contributed by atoms with Gasteiger partial charge in [-0.15, -0.1) is 0 Å². The van der Waals surface area contributed by atoms with Gasteiger partial charge >= 0.3 is 5.97 Å². The summed E-state index contributed by atoms with van der Waals surface area (Å²) in [6.07, 6.45) is 2.79. The van der Waals surface area contributed by atoms with Gasteiger partial charge in [-0.25, -0.2) is 19.9 Å². The summed E-state index contributed by atoms with van der Waals surface area (Å²) < 4.78 is 28.5. The molecule has 2 rings (SSSR count). The van der Waals surface area contributed by atoms with Crippen molar-refractivity contribution in [3.8, 4) is 0 Å². The molecule has 2 heterocycles. The third kappa shape index (κ3) is 3.86. The van der Waals surface area contributed by atoms with Crippen molar-refractivity contribution in [2.24, 2.45) is 5.14 Å². The minimum absolute atomic E-state index is 0.280. The number of piperazine rings is 1. The molecule has 0 radical (unpaired) electrons. The van der Waals surface area contributed by atoms with Crippen LogP contribution in [0.4, 0.5) is 5.95 Å². The highest BCUT2D eigenvalue weighted by Gasteiger charge is 2.25. The number of aromatic nitrogens is 2. The average molecular weight is 315 g/mol. The first kappa shape index (κ1) is 15.6. The highest BCUT2D eigenvalue weighted by molar-refractivity contribution is 7.86. The molecule has 1 saturated heterocycles. The Morgan fingerprint density at radius 1 is 1.29 bits per heavy atom. The second-order valence-electron chi connectivity index (χ2n) is 4.42. The summed E-state index contributed by atoms with van der Waals surface area (Å²) in [6, 6.07) is 0. The van der Waals surface area contributed by atoms with Crippen LogP contribution in [-0.4, -0.2) is 61.4 Å². The van der Waals surface area contributed by atoms with Crippen LogP contribution in [0.3, 0.4) is 0 Å². The number of hydrogen-bond donors (Lipinski definition) is 1. The van der Waals surface area contributed by atoms with Crippen molar-refractivity contribution in [1.82, 2.24) is 14.3 Å². The van der Waals surface area contributed by atoms with E-state index in [4.69, 9.17) is 9.88 Å². The number of ether oxygens (including phenoxy) is 1. The van der Waals surface area contributed by atoms with Gasteiger partial charge in [0.15, 0.2) is 0 Å². The van der Waals surface area contributed by atoms with Crippen LogP contribution in [-0.2, 0) is 14.9 Å². The van der Waals surface area contributed by atoms with Gasteiger partial charge in [-0.3, -0.25) is 0 Å². The van der Waals surface area contributed by atoms with E-state index in [1.165, 1.54) is 16.7 Å². The smallest absolute Gasteiger partial charge is 0.341 e. The predicted molar refractivity (Wildman–Crippen MR) is 74.9 cm³/mol. The van der Waals surface area contributed by atoms with Crippen LogP contribution in [0.5, 0.6) is 0 Å². The van der Waals surface area contributed by atoms with E-state index in [0.717, 1.165) is 0 Å². The van der Waals surface area contributed by atoms with Gasteiger partial charge in [0, 0.05) is 38.6 Å². The molecule has 0 atom stereocenters. The zero-order valence-electron chi connectivity index (χ0n) is 11.6. The van der Waals surface area contributed by atoms with E-state index in [0.29, 0.717) is 19.0 Å². The van der Waals surface area contributed by atoms with E-state index in [1.54, 1.807) is 6.92 Å². The van der Waals surface area contributed by atoms with E-state index in [-0.39, 0.29) is 25.3 Å². The zero-order valence-corrected chi connectivity index (χ0v) is 12.4. The second-order valence-corrected chi connectivity index (χ2v) is 5.97. The molecule has 0 amide bonds. The third-order valence-electron chi connectivity index (χ3n) is 3.03. The molecule has 0 unspecified atom stereocenters. The highest BCUT2D eigenvalue weighted by atomic mass is 32.2. The lowest BCUT2D eigenvalue weighted by Gasteiger charge is -2.32. The van der Waals surface area contributed by atoms with Gasteiger partial charge in [0.2, 0.25) is 5.95 Å². The van der Waals surface area contributed by atoms with Gasteiger partial charge in [0.1, 0.15) is 0 Å². The largest absolute Gasteiger partial charge is 0.462 e. The molecule has 1 aliphatic rings. The Bertz CT molecular complexity index is 596. The molecule has 0 saturated carbocycles. The normalized spacial score (nSPS) is 16.8. The summed E-state index contributed by atoms with van der Waals surface area (Å²) in [7, 11) is -3.65. The van der Waals surface area contributed by atoms with Crippen LogP contribution in [0.1, 0.15) is 17.3 Å². The first-order valence-electron chi connectivity index (χ1n) is 6.44. The van der Waals surface area contributed by atoms with Crippen LogP contribution < -0.4 is 10.0 Å². The molecular formula is C11H17N5O4S. The van der Waals surface area contributed by atoms with Gasteiger partial charge in [-0.1, -0.05) is 0 Å². The summed E-state index contributed by atoms with van der Waals surface area (Å²) in [5.41, 5.74) is 0.281. The number of carbonyl (C=O) groups excluding carboxylic acids is 1. The number of esters is 1. The Morgan fingerprint density at radius 3 is 2.33 bits per heavy atom. The molecule has 0 aromatic carbocycles. The maximum absolute atomic E-state index is 11.5. The first-order chi connectivity index (χ1) is 9.91. The quantitative estimate of drug-likeness (QED) is 0.706. The number of anilines is 1. The fraction of sp³-hybridized carbons (Fsp3) is 0.545. The van der Waals surface area contributed by atoms with Crippen LogP contribution >= 0.6 is 0 Å². The summed E-state index contributed by atoms with van der Waals surface area (Å²) in [4.78, 5) is 21.5. The molecule has 10 heteroatoms. The van der Waals surface area contributed by atoms with Gasteiger partial charge < -0.3 is 9.64 Å². The Morgan fingerprint density at radius 2 is 1.86 bits per heavy atom. The van der Waals surface area contributed by atoms with Crippen LogP contribution in [0.25, 0.3) is 0 Å². The summed E-state index contributed by atoms with van der Waals surface area (Å²) >= 11 is 0. The van der Waals surface area contributed by atoms with Crippen molar-refractivity contribution in [3.63, 3.8) is 0 Å². The van der Waals surface area contributed by atoms with Crippen molar-refractivity contribution < 1.29 is 17.9 Å². The van der Waals surface area contributed by atoms with Crippen molar-refractivity contribution in [1.29, 1.82) is 0 Å². The number of rotatable bonds is 4. The number of hydrogen-bond acceptors (Lipinski definition) is 7. The van der Waals surface area contributed by atoms with Gasteiger partial charge in [0.05, 0.1) is 12.2 Å². The lowest BCUT2D eigenvalue weighted by Crippen LogP contribution is -2.51. The van der Waals surface area contributed by atoms with Crippen molar-refractivity contribution >= 4 is 22.1 Å². The molecule has 1 aromatic rings. The molecular weight excluding hydrogens is 298 g/mol. The molecule has 0 bridgehead atoms. The van der Waals surface area contributed by atoms with E-state index >= 15 is 0 Å². The predicted octanol–water partition coefficient (Wildman–Crippen LogP) is -1.02. The standard InChI is InChI=1S/C11H17N5O4S/c1-2-20-10(17)9-7-13-11(14-8-9)15-3-5-16(6-4-15)21(12,18)19/h7-8H,2-6H2,1H3,(H2,12,18,19). The van der Waals surface area contributed by atoms with E-state index in [1.807, 2.05) is 4.90 Å². The Kier molecular flexibility index (Phi) is 4.70. The Balaban J connectivity index is 2.00. The van der Waals surface area contributed by atoms with Crippen molar-refractivity contribution in [2.45, 2.75) is 6.92 Å². The molecule has 2 N–H and O–H groups in total. The monoisotopic (exact) mass is 315 g/mol. The molecule has 1 fully saturated rings. The summed E-state index contributed by atoms with van der Waals surface area (Å²) in [5.74, 6) is -0.0276. The molecule has 1 aliphatic heterocycles. The molecule has 0 aliphatic carbocycles. The minimum Gasteiger partial charge on any atom is -0.462 e. The first-order valence-corrected chi connectivity index (χ1v) is 7.94. The van der Waals surface area contributed by atoms with Gasteiger partial charge in [-0.2, -0.15) is 12.7 Å². The van der Waals surface area contributed by atoms with Crippen LogP contribution in [0.15, 0.2) is 12.4 Å². The van der Waals surface area contributed by atoms with E-state index in [9.17, 15) is 13.2 Å². The summed E-state index contributed by atoms with van der Waals surface area (Å²) in [5, 5.41) is 5.07. The third-order valence-corrected chi connectivity index (χ3v) is 4.12. The SMILES string of the molecule is CCOC(=O)c1cnc(N2CCN(S(N)(=O)=O)CC2)nc1. The van der Waals surface area contributed by atoms with Gasteiger partial charge in [-0.05, 0) is 6.92 Å². The molecule has 9 nitrogen and oxygen atoms in total. The Hall–Kier alpha value is -1.78. The highest BCUT2D eigenvalue weighted by Crippen LogP contribution is 2.12. The van der Waals surface area contributed by atoms with Crippen molar-refractivity contribution in [3.05, 3.63) is 18.0 Å². The fourth-order valence-corrected chi connectivity index (χ4v) is 2.62.